The lowest BCUT2D eigenvalue weighted by Crippen LogP contribution is -2.24. The summed E-state index contributed by atoms with van der Waals surface area (Å²) in [4.78, 5) is 11.5. The normalized spacial score (nSPS) is 19.4. The molecule has 2 rings (SSSR count). The van der Waals surface area contributed by atoms with Gasteiger partial charge in [-0.05, 0) is 37.6 Å². The Morgan fingerprint density at radius 2 is 2.44 bits per heavy atom. The number of carbonyl (C=O) groups excluding carboxylic acids is 1. The molecule has 1 aromatic carbocycles. The minimum absolute atomic E-state index is 0.00445. The Balaban J connectivity index is 1.86. The molecule has 1 atom stereocenters. The van der Waals surface area contributed by atoms with E-state index in [4.69, 9.17) is 4.74 Å². The molecule has 1 aromatic rings. The van der Waals surface area contributed by atoms with Crippen LogP contribution in [0.15, 0.2) is 24.3 Å². The van der Waals surface area contributed by atoms with E-state index in [1.807, 2.05) is 31.2 Å². The van der Waals surface area contributed by atoms with Crippen molar-refractivity contribution < 1.29 is 9.53 Å². The van der Waals surface area contributed by atoms with Crippen LogP contribution in [0.25, 0.3) is 0 Å². The maximum Gasteiger partial charge on any atom is 0.411 e. The summed E-state index contributed by atoms with van der Waals surface area (Å²) in [5.41, 5.74) is 1.89. The molecule has 0 aromatic heterocycles. The maximum atomic E-state index is 11.5. The molecule has 1 unspecified atom stereocenters. The largest absolute Gasteiger partial charge is 0.445 e. The predicted octanol–water partition coefficient (Wildman–Crippen LogP) is 1.91. The quantitative estimate of drug-likeness (QED) is 0.800. The Morgan fingerprint density at radius 1 is 1.56 bits per heavy atom. The summed E-state index contributed by atoms with van der Waals surface area (Å²) >= 11 is 0. The highest BCUT2D eigenvalue weighted by Crippen LogP contribution is 2.11. The number of amides is 1. The van der Waals surface area contributed by atoms with Crippen molar-refractivity contribution in [3.63, 3.8) is 0 Å². The van der Waals surface area contributed by atoms with Crippen LogP contribution < -0.4 is 10.6 Å². The first kappa shape index (κ1) is 11.0. The first-order chi connectivity index (χ1) is 7.74. The van der Waals surface area contributed by atoms with E-state index in [1.165, 1.54) is 0 Å². The molecule has 1 aliphatic rings. The van der Waals surface area contributed by atoms with Gasteiger partial charge in [-0.2, -0.15) is 0 Å². The highest BCUT2D eigenvalue weighted by atomic mass is 16.6. The van der Waals surface area contributed by atoms with Crippen molar-refractivity contribution in [2.75, 3.05) is 18.4 Å². The molecule has 0 bridgehead atoms. The Morgan fingerprint density at radius 3 is 3.12 bits per heavy atom. The van der Waals surface area contributed by atoms with Gasteiger partial charge in [0, 0.05) is 12.2 Å². The third-order valence-electron chi connectivity index (χ3n) is 2.55. The third kappa shape index (κ3) is 2.97. The molecule has 4 nitrogen and oxygen atoms in total. The summed E-state index contributed by atoms with van der Waals surface area (Å²) < 4.78 is 5.24. The number of nitrogens with one attached hydrogen (secondary N) is 2. The number of ether oxygens (including phenoxy) is 1. The van der Waals surface area contributed by atoms with E-state index < -0.39 is 0 Å². The zero-order chi connectivity index (χ0) is 11.4. The van der Waals surface area contributed by atoms with Crippen LogP contribution in [-0.2, 0) is 4.74 Å². The van der Waals surface area contributed by atoms with Gasteiger partial charge >= 0.3 is 6.09 Å². The van der Waals surface area contributed by atoms with Crippen LogP contribution in [-0.4, -0.2) is 25.3 Å². The van der Waals surface area contributed by atoms with Crippen LogP contribution >= 0.6 is 0 Å². The molecule has 1 aliphatic heterocycles. The Hall–Kier alpha value is -1.55. The SMILES string of the molecule is Cc1cccc(NC(=O)OC2CCNC2)c1. The van der Waals surface area contributed by atoms with E-state index in [2.05, 4.69) is 10.6 Å². The van der Waals surface area contributed by atoms with Crippen molar-refractivity contribution in [2.45, 2.75) is 19.4 Å². The summed E-state index contributed by atoms with van der Waals surface area (Å²) in [6.45, 7) is 3.65. The van der Waals surface area contributed by atoms with Crippen molar-refractivity contribution in [3.05, 3.63) is 29.8 Å². The fourth-order valence-corrected chi connectivity index (χ4v) is 1.75. The van der Waals surface area contributed by atoms with Crippen molar-refractivity contribution in [1.82, 2.24) is 5.32 Å². The standard InChI is InChI=1S/C12H16N2O2/c1-9-3-2-4-10(7-9)14-12(15)16-11-5-6-13-8-11/h2-4,7,11,13H,5-6,8H2,1H3,(H,14,15). The first-order valence-electron chi connectivity index (χ1n) is 5.49. The van der Waals surface area contributed by atoms with Crippen molar-refractivity contribution in [1.29, 1.82) is 0 Å². The lowest BCUT2D eigenvalue weighted by Gasteiger charge is -2.11. The Kier molecular flexibility index (Phi) is 3.41. The molecule has 1 amide bonds. The molecule has 0 saturated carbocycles. The van der Waals surface area contributed by atoms with E-state index in [0.717, 1.165) is 30.8 Å². The van der Waals surface area contributed by atoms with E-state index in [1.54, 1.807) is 0 Å². The summed E-state index contributed by atoms with van der Waals surface area (Å²) in [5, 5.41) is 5.87. The van der Waals surface area contributed by atoms with Crippen LogP contribution in [0, 0.1) is 6.92 Å². The lowest BCUT2D eigenvalue weighted by atomic mass is 10.2. The molecule has 0 aliphatic carbocycles. The summed E-state index contributed by atoms with van der Waals surface area (Å²) in [7, 11) is 0. The van der Waals surface area contributed by atoms with E-state index in [9.17, 15) is 4.79 Å². The molecule has 1 fully saturated rings. The number of hydrogen-bond donors (Lipinski definition) is 2. The average molecular weight is 220 g/mol. The third-order valence-corrected chi connectivity index (χ3v) is 2.55. The molecule has 1 saturated heterocycles. The minimum atomic E-state index is -0.376. The second-order valence-corrected chi connectivity index (χ2v) is 4.01. The van der Waals surface area contributed by atoms with Gasteiger partial charge in [-0.15, -0.1) is 0 Å². The lowest BCUT2D eigenvalue weighted by molar-refractivity contribution is 0.121. The smallest absolute Gasteiger partial charge is 0.411 e. The van der Waals surface area contributed by atoms with Crippen LogP contribution in [0.3, 0.4) is 0 Å². The second kappa shape index (κ2) is 4.99. The average Bonchev–Trinajstić information content (AvgIpc) is 2.70. The van der Waals surface area contributed by atoms with Gasteiger partial charge in [-0.1, -0.05) is 12.1 Å². The van der Waals surface area contributed by atoms with Crippen molar-refractivity contribution >= 4 is 11.8 Å². The molecule has 16 heavy (non-hydrogen) atoms. The van der Waals surface area contributed by atoms with E-state index >= 15 is 0 Å². The fraction of sp³-hybridized carbons (Fsp3) is 0.417. The van der Waals surface area contributed by atoms with E-state index in [0.29, 0.717) is 0 Å². The number of rotatable bonds is 2. The molecule has 4 heteroatoms. The van der Waals surface area contributed by atoms with Gasteiger partial charge in [0.2, 0.25) is 0 Å². The molecular formula is C12H16N2O2. The van der Waals surface area contributed by atoms with Crippen LogP contribution in [0.1, 0.15) is 12.0 Å². The number of aryl methyl sites for hydroxylation is 1. The van der Waals surface area contributed by atoms with Crippen LogP contribution in [0.4, 0.5) is 10.5 Å². The molecule has 0 radical (unpaired) electrons. The summed E-state index contributed by atoms with van der Waals surface area (Å²) in [6.07, 6.45) is 0.519. The first-order valence-corrected chi connectivity index (χ1v) is 5.49. The predicted molar refractivity (Wildman–Crippen MR) is 62.6 cm³/mol. The highest BCUT2D eigenvalue weighted by Gasteiger charge is 2.18. The number of carbonyl (C=O) groups is 1. The van der Waals surface area contributed by atoms with Gasteiger partial charge in [0.1, 0.15) is 6.10 Å². The monoisotopic (exact) mass is 220 g/mol. The zero-order valence-electron chi connectivity index (χ0n) is 9.32. The zero-order valence-corrected chi connectivity index (χ0v) is 9.32. The Bertz CT molecular complexity index is 373. The molecule has 2 N–H and O–H groups in total. The number of anilines is 1. The summed E-state index contributed by atoms with van der Waals surface area (Å²) in [6, 6.07) is 7.65. The second-order valence-electron chi connectivity index (χ2n) is 4.01. The minimum Gasteiger partial charge on any atom is -0.445 e. The molecule has 86 valence electrons. The van der Waals surface area contributed by atoms with Gasteiger partial charge < -0.3 is 10.1 Å². The van der Waals surface area contributed by atoms with Crippen molar-refractivity contribution in [3.8, 4) is 0 Å². The number of hydrogen-bond acceptors (Lipinski definition) is 3. The van der Waals surface area contributed by atoms with Crippen LogP contribution in [0.5, 0.6) is 0 Å². The fourth-order valence-electron chi connectivity index (χ4n) is 1.75. The van der Waals surface area contributed by atoms with E-state index in [-0.39, 0.29) is 12.2 Å². The Labute approximate surface area is 95.0 Å². The molecular weight excluding hydrogens is 204 g/mol. The number of benzene rings is 1. The highest BCUT2D eigenvalue weighted by molar-refractivity contribution is 5.84. The van der Waals surface area contributed by atoms with Gasteiger partial charge in [0.15, 0.2) is 0 Å². The van der Waals surface area contributed by atoms with Gasteiger partial charge in [-0.3, -0.25) is 5.32 Å². The summed E-state index contributed by atoms with van der Waals surface area (Å²) in [5.74, 6) is 0. The van der Waals surface area contributed by atoms with Crippen LogP contribution in [0.2, 0.25) is 0 Å². The molecule has 1 heterocycles. The van der Waals surface area contributed by atoms with Gasteiger partial charge in [-0.25, -0.2) is 4.79 Å². The molecule has 0 spiro atoms. The topological polar surface area (TPSA) is 50.4 Å². The van der Waals surface area contributed by atoms with Gasteiger partial charge in [0.25, 0.3) is 0 Å². The maximum absolute atomic E-state index is 11.5. The van der Waals surface area contributed by atoms with Gasteiger partial charge in [0.05, 0.1) is 0 Å². The van der Waals surface area contributed by atoms with Crippen molar-refractivity contribution in [2.24, 2.45) is 0 Å².